The van der Waals surface area contributed by atoms with Crippen LogP contribution in [0.2, 0.25) is 0 Å². The van der Waals surface area contributed by atoms with Gasteiger partial charge in [-0.1, -0.05) is 35.5 Å². The molecule has 7 nitrogen and oxygen atoms in total. The fourth-order valence-electron chi connectivity index (χ4n) is 8.46. The summed E-state index contributed by atoms with van der Waals surface area (Å²) < 4.78 is 21.0. The fraction of sp³-hybridized carbons (Fsp3) is 0.525. The molecule has 6 aliphatic rings. The summed E-state index contributed by atoms with van der Waals surface area (Å²) in [6.07, 6.45) is 14.8. The third-order valence-corrected chi connectivity index (χ3v) is 11.0. The summed E-state index contributed by atoms with van der Waals surface area (Å²) >= 11 is 0. The predicted molar refractivity (Wildman–Crippen MR) is 182 cm³/mol. The first-order valence-corrected chi connectivity index (χ1v) is 16.9. The maximum atomic E-state index is 14.9. The van der Waals surface area contributed by atoms with Crippen LogP contribution in [0.3, 0.4) is 0 Å². The highest BCUT2D eigenvalue weighted by Crippen LogP contribution is 2.67. The van der Waals surface area contributed by atoms with E-state index in [-0.39, 0.29) is 46.8 Å². The molecule has 3 aliphatic heterocycles. The summed E-state index contributed by atoms with van der Waals surface area (Å²) in [4.78, 5) is 41.8. The highest BCUT2D eigenvalue weighted by atomic mass is 16.6. The van der Waals surface area contributed by atoms with Gasteiger partial charge in [0.1, 0.15) is 28.4 Å². The fourth-order valence-corrected chi connectivity index (χ4v) is 8.46. The lowest BCUT2D eigenvalue weighted by atomic mass is 9.60. The van der Waals surface area contributed by atoms with Crippen LogP contribution in [-0.2, 0) is 20.7 Å². The van der Waals surface area contributed by atoms with Gasteiger partial charge in [0.15, 0.2) is 28.6 Å². The van der Waals surface area contributed by atoms with E-state index in [0.717, 1.165) is 18.4 Å². The van der Waals surface area contributed by atoms with E-state index in [0.29, 0.717) is 47.3 Å². The molecule has 5 atom stereocenters. The molecular weight excluding hydrogens is 592 g/mol. The van der Waals surface area contributed by atoms with Crippen LogP contribution in [0.15, 0.2) is 52.7 Å². The molecule has 3 aliphatic carbocycles. The van der Waals surface area contributed by atoms with Crippen molar-refractivity contribution >= 4 is 23.4 Å². The Hall–Kier alpha value is -3.71. The first-order chi connectivity index (χ1) is 22.0. The van der Waals surface area contributed by atoms with E-state index < -0.39 is 28.3 Å². The molecule has 0 amide bonds. The monoisotopic (exact) mass is 640 g/mol. The Bertz CT molecular complexity index is 1740. The van der Waals surface area contributed by atoms with Gasteiger partial charge in [-0.2, -0.15) is 0 Å². The van der Waals surface area contributed by atoms with E-state index in [9.17, 15) is 19.5 Å². The number of hydrogen-bond acceptors (Lipinski definition) is 7. The van der Waals surface area contributed by atoms with Crippen LogP contribution in [0.25, 0.3) is 6.08 Å². The number of hydrogen-bond donors (Lipinski definition) is 1. The number of carbonyl (C=O) groups excluding carboxylic acids is 3. The first kappa shape index (κ1) is 33.2. The quantitative estimate of drug-likeness (QED) is 0.226. The van der Waals surface area contributed by atoms with Gasteiger partial charge in [-0.15, -0.1) is 0 Å². The van der Waals surface area contributed by atoms with Gasteiger partial charge in [0.25, 0.3) is 0 Å². The molecule has 1 aromatic rings. The number of carbonyl (C=O) groups is 3. The molecule has 7 rings (SSSR count). The molecule has 1 aromatic carbocycles. The van der Waals surface area contributed by atoms with Crippen molar-refractivity contribution in [3.63, 3.8) is 0 Å². The molecule has 7 heteroatoms. The van der Waals surface area contributed by atoms with Crippen molar-refractivity contribution in [2.45, 2.75) is 123 Å². The van der Waals surface area contributed by atoms with Gasteiger partial charge >= 0.3 is 0 Å². The zero-order valence-electron chi connectivity index (χ0n) is 29.3. The van der Waals surface area contributed by atoms with Crippen LogP contribution in [0.1, 0.15) is 116 Å². The van der Waals surface area contributed by atoms with Crippen LogP contribution in [0.5, 0.6) is 17.2 Å². The maximum absolute atomic E-state index is 14.9. The number of phenols is 1. The van der Waals surface area contributed by atoms with Crippen LogP contribution >= 0.6 is 0 Å². The van der Waals surface area contributed by atoms with E-state index in [4.69, 9.17) is 14.2 Å². The van der Waals surface area contributed by atoms with Crippen molar-refractivity contribution in [2.75, 3.05) is 0 Å². The minimum absolute atomic E-state index is 0.0928. The SMILES string of the molecule is CC(=O)/C(C)=C/CC12OC(C)(C)C3CCC(C=C4C(=O)c5c(O)c6c(c(CC=C(C)C)c5OC431)OC(C)(CCC=C(C)C)C=C6)C2=O. The first-order valence-electron chi connectivity index (χ1n) is 16.9. The number of ether oxygens (including phenoxy) is 3. The van der Waals surface area contributed by atoms with E-state index in [1.165, 1.54) is 12.5 Å². The Balaban J connectivity index is 1.61. The second kappa shape index (κ2) is 11.2. The van der Waals surface area contributed by atoms with Crippen LogP contribution in [-0.4, -0.2) is 44.9 Å². The number of benzene rings is 1. The van der Waals surface area contributed by atoms with Crippen molar-refractivity contribution < 1.29 is 33.7 Å². The van der Waals surface area contributed by atoms with Gasteiger partial charge in [0, 0.05) is 29.4 Å². The minimum atomic E-state index is -1.53. The second-order valence-corrected chi connectivity index (χ2v) is 15.4. The number of Topliss-reactive ketones (excluding diaryl/α,β-unsaturated/α-hetero) is 3. The smallest absolute Gasteiger partial charge is 0.200 e. The second-order valence-electron chi connectivity index (χ2n) is 15.4. The van der Waals surface area contributed by atoms with E-state index in [2.05, 4.69) is 26.0 Å². The van der Waals surface area contributed by atoms with Gasteiger partial charge in [0.2, 0.25) is 0 Å². The summed E-state index contributed by atoms with van der Waals surface area (Å²) in [5.41, 5.74) is -0.0418. The Labute approximate surface area is 278 Å². The van der Waals surface area contributed by atoms with Gasteiger partial charge in [0.05, 0.1) is 11.2 Å². The number of rotatable bonds is 8. The van der Waals surface area contributed by atoms with Gasteiger partial charge in [-0.3, -0.25) is 14.4 Å². The van der Waals surface area contributed by atoms with E-state index in [1.54, 1.807) is 19.1 Å². The third kappa shape index (κ3) is 4.91. The molecule has 0 radical (unpaired) electrons. The molecular formula is C40H48O7. The van der Waals surface area contributed by atoms with Gasteiger partial charge in [-0.05, 0) is 112 Å². The van der Waals surface area contributed by atoms with Crippen molar-refractivity contribution in [2.24, 2.45) is 11.8 Å². The number of allylic oxidation sites excluding steroid dienone is 6. The molecule has 250 valence electrons. The number of phenolic OH excluding ortho intramolecular Hbond substituents is 1. The average molecular weight is 641 g/mol. The predicted octanol–water partition coefficient (Wildman–Crippen LogP) is 8.13. The molecule has 2 fully saturated rings. The van der Waals surface area contributed by atoms with Crippen LogP contribution in [0.4, 0.5) is 0 Å². The molecule has 47 heavy (non-hydrogen) atoms. The maximum Gasteiger partial charge on any atom is 0.200 e. The Kier molecular flexibility index (Phi) is 7.90. The lowest BCUT2D eigenvalue weighted by molar-refractivity contribution is -0.169. The Morgan fingerprint density at radius 1 is 0.957 bits per heavy atom. The molecule has 1 N–H and O–H groups in total. The Morgan fingerprint density at radius 2 is 1.66 bits per heavy atom. The van der Waals surface area contributed by atoms with Crippen molar-refractivity contribution in [1.82, 2.24) is 0 Å². The number of ketones is 3. The normalized spacial score (nSPS) is 31.1. The van der Waals surface area contributed by atoms with Crippen molar-refractivity contribution in [3.8, 4) is 17.2 Å². The Morgan fingerprint density at radius 3 is 2.32 bits per heavy atom. The van der Waals surface area contributed by atoms with E-state index in [1.807, 2.05) is 46.8 Å². The standard InChI is InChI=1S/C40H48O7/c1-22(2)11-10-18-38(9)19-17-27-32(42)31-33(43)29-21-26-13-15-30-37(7,8)47-39(36(26)44,20-16-24(5)25(6)41)40(29,30)46-35(31)28(34(27)45-38)14-12-23(3)4/h11-12,16-17,19,21,26,30,42H,10,13-15,18,20H2,1-9H3/b24-16+. The average Bonchev–Trinajstić information content (AvgIpc) is 3.08. The summed E-state index contributed by atoms with van der Waals surface area (Å²) in [6.45, 7) is 17.3. The zero-order valence-corrected chi connectivity index (χ0v) is 29.3. The highest BCUT2D eigenvalue weighted by Gasteiger charge is 2.79. The van der Waals surface area contributed by atoms with Crippen LogP contribution in [0, 0.1) is 11.8 Å². The van der Waals surface area contributed by atoms with E-state index >= 15 is 0 Å². The highest BCUT2D eigenvalue weighted by molar-refractivity contribution is 6.18. The summed E-state index contributed by atoms with van der Waals surface area (Å²) in [7, 11) is 0. The summed E-state index contributed by atoms with van der Waals surface area (Å²) in [5, 5.41) is 11.9. The van der Waals surface area contributed by atoms with Crippen molar-refractivity contribution in [1.29, 1.82) is 0 Å². The topological polar surface area (TPSA) is 99.1 Å². The molecule has 0 aromatic heterocycles. The molecule has 1 spiro atoms. The van der Waals surface area contributed by atoms with Gasteiger partial charge < -0.3 is 19.3 Å². The molecule has 1 saturated heterocycles. The summed E-state index contributed by atoms with van der Waals surface area (Å²) in [5.74, 6) is -0.896. The number of aromatic hydroxyl groups is 1. The van der Waals surface area contributed by atoms with Gasteiger partial charge in [-0.25, -0.2) is 0 Å². The molecule has 3 heterocycles. The molecule has 1 saturated carbocycles. The summed E-state index contributed by atoms with van der Waals surface area (Å²) in [6, 6.07) is 0. The van der Waals surface area contributed by atoms with Crippen LogP contribution < -0.4 is 9.47 Å². The lowest BCUT2D eigenvalue weighted by Gasteiger charge is -2.51. The molecule has 4 bridgehead atoms. The number of fused-ring (bicyclic) bond motifs is 3. The zero-order chi connectivity index (χ0) is 34.3. The third-order valence-electron chi connectivity index (χ3n) is 11.0. The minimum Gasteiger partial charge on any atom is -0.506 e. The largest absolute Gasteiger partial charge is 0.506 e. The van der Waals surface area contributed by atoms with Crippen molar-refractivity contribution in [3.05, 3.63) is 69.4 Å². The molecule has 5 unspecified atom stereocenters. The lowest BCUT2D eigenvalue weighted by Crippen LogP contribution is -2.67.